The van der Waals surface area contributed by atoms with Crippen molar-refractivity contribution in [3.05, 3.63) is 30.1 Å². The molecule has 1 heterocycles. The quantitative estimate of drug-likeness (QED) is 0.864. The van der Waals surface area contributed by atoms with Crippen LogP contribution in [0.4, 0.5) is 0 Å². The summed E-state index contributed by atoms with van der Waals surface area (Å²) >= 11 is 0. The Labute approximate surface area is 147 Å². The largest absolute Gasteiger partial charge is 0.351 e. The standard InChI is InChI=1S/C21H34N2O/c1-16(2)21(19(3,4)5)11-9-20(6,10-12-21)23-18(24)15-17-7-13-22-14-8-17/h7-8,13-14,16H,9-12,15H2,1-6H3,(H,23,24). The van der Waals surface area contributed by atoms with Gasteiger partial charge >= 0.3 is 0 Å². The second-order valence-electron chi connectivity index (χ2n) is 9.20. The van der Waals surface area contributed by atoms with Gasteiger partial charge in [0.05, 0.1) is 6.42 Å². The Morgan fingerprint density at radius 3 is 2.17 bits per heavy atom. The van der Waals surface area contributed by atoms with Crippen LogP contribution in [0.15, 0.2) is 24.5 Å². The first kappa shape index (κ1) is 19.0. The predicted octanol–water partition coefficient (Wildman–Crippen LogP) is 4.76. The lowest BCUT2D eigenvalue weighted by Gasteiger charge is -2.54. The second kappa shape index (κ2) is 6.85. The second-order valence-corrected chi connectivity index (χ2v) is 9.20. The SMILES string of the molecule is CC(C)C1(C(C)(C)C)CCC(C)(NC(=O)Cc2ccncc2)CC1. The molecule has 1 aliphatic rings. The molecule has 1 fully saturated rings. The molecule has 1 aromatic rings. The zero-order valence-electron chi connectivity index (χ0n) is 16.3. The van der Waals surface area contributed by atoms with Gasteiger partial charge in [-0.2, -0.15) is 0 Å². The van der Waals surface area contributed by atoms with E-state index >= 15 is 0 Å². The van der Waals surface area contributed by atoms with Gasteiger partial charge in [-0.1, -0.05) is 34.6 Å². The van der Waals surface area contributed by atoms with E-state index in [4.69, 9.17) is 0 Å². The number of carbonyl (C=O) groups excluding carboxylic acids is 1. The number of rotatable bonds is 4. The molecule has 134 valence electrons. The summed E-state index contributed by atoms with van der Waals surface area (Å²) in [6.45, 7) is 14.0. The van der Waals surface area contributed by atoms with E-state index in [9.17, 15) is 4.79 Å². The van der Waals surface area contributed by atoms with Gasteiger partial charge in [0.1, 0.15) is 0 Å². The van der Waals surface area contributed by atoms with Gasteiger partial charge in [-0.3, -0.25) is 9.78 Å². The predicted molar refractivity (Wildman–Crippen MR) is 99.7 cm³/mol. The molecule has 0 radical (unpaired) electrons. The summed E-state index contributed by atoms with van der Waals surface area (Å²) in [6, 6.07) is 3.82. The molecule has 0 saturated heterocycles. The lowest BCUT2D eigenvalue weighted by Crippen LogP contribution is -2.54. The number of hydrogen-bond acceptors (Lipinski definition) is 2. The zero-order chi connectivity index (χ0) is 18.0. The first-order valence-corrected chi connectivity index (χ1v) is 9.28. The number of aromatic nitrogens is 1. The molecule has 1 aromatic heterocycles. The maximum atomic E-state index is 12.4. The fourth-order valence-electron chi connectivity index (χ4n) is 4.63. The summed E-state index contributed by atoms with van der Waals surface area (Å²) in [5.41, 5.74) is 1.60. The molecule has 1 aliphatic carbocycles. The average Bonchev–Trinajstić information content (AvgIpc) is 2.47. The molecule has 0 spiro atoms. The molecule has 0 aliphatic heterocycles. The molecule has 3 heteroatoms. The van der Waals surface area contributed by atoms with Gasteiger partial charge in [-0.25, -0.2) is 0 Å². The highest BCUT2D eigenvalue weighted by atomic mass is 16.1. The number of hydrogen-bond donors (Lipinski definition) is 1. The van der Waals surface area contributed by atoms with Crippen LogP contribution in [0.25, 0.3) is 0 Å². The van der Waals surface area contributed by atoms with E-state index in [0.29, 0.717) is 23.2 Å². The molecule has 0 atom stereocenters. The van der Waals surface area contributed by atoms with Gasteiger partial charge in [0, 0.05) is 17.9 Å². The highest BCUT2D eigenvalue weighted by Gasteiger charge is 2.49. The monoisotopic (exact) mass is 330 g/mol. The van der Waals surface area contributed by atoms with E-state index in [1.165, 1.54) is 12.8 Å². The number of pyridine rings is 1. The molecule has 2 rings (SSSR count). The van der Waals surface area contributed by atoms with Crippen LogP contribution in [0.5, 0.6) is 0 Å². The third-order valence-electron chi connectivity index (χ3n) is 6.40. The van der Waals surface area contributed by atoms with E-state index in [-0.39, 0.29) is 11.4 Å². The summed E-state index contributed by atoms with van der Waals surface area (Å²) < 4.78 is 0. The van der Waals surface area contributed by atoms with Crippen LogP contribution in [0, 0.1) is 16.7 Å². The topological polar surface area (TPSA) is 42.0 Å². The van der Waals surface area contributed by atoms with E-state index in [0.717, 1.165) is 18.4 Å². The van der Waals surface area contributed by atoms with Crippen molar-refractivity contribution in [3.8, 4) is 0 Å². The molecule has 1 N–H and O–H groups in total. The lowest BCUT2D eigenvalue weighted by atomic mass is 9.52. The van der Waals surface area contributed by atoms with Gasteiger partial charge in [0.2, 0.25) is 5.91 Å². The fraction of sp³-hybridized carbons (Fsp3) is 0.714. The minimum atomic E-state index is -0.0756. The van der Waals surface area contributed by atoms with E-state index < -0.39 is 0 Å². The third-order valence-corrected chi connectivity index (χ3v) is 6.40. The summed E-state index contributed by atoms with van der Waals surface area (Å²) in [7, 11) is 0. The van der Waals surface area contributed by atoms with Crippen molar-refractivity contribution in [2.75, 3.05) is 0 Å². The van der Waals surface area contributed by atoms with Crippen LogP contribution in [0.3, 0.4) is 0 Å². The average molecular weight is 331 g/mol. The van der Waals surface area contributed by atoms with Crippen LogP contribution < -0.4 is 5.32 Å². The molecule has 24 heavy (non-hydrogen) atoms. The van der Waals surface area contributed by atoms with Crippen molar-refractivity contribution < 1.29 is 4.79 Å². The normalized spacial score (nSPS) is 28.0. The molecular weight excluding hydrogens is 296 g/mol. The Balaban J connectivity index is 2.00. The van der Waals surface area contributed by atoms with Crippen LogP contribution >= 0.6 is 0 Å². The van der Waals surface area contributed by atoms with Gasteiger partial charge in [-0.05, 0) is 67.1 Å². The van der Waals surface area contributed by atoms with E-state index in [1.807, 2.05) is 12.1 Å². The Hall–Kier alpha value is -1.38. The lowest BCUT2D eigenvalue weighted by molar-refractivity contribution is -0.123. The minimum absolute atomic E-state index is 0.0756. The van der Waals surface area contributed by atoms with Crippen molar-refractivity contribution in [3.63, 3.8) is 0 Å². The third kappa shape index (κ3) is 3.99. The maximum absolute atomic E-state index is 12.4. The van der Waals surface area contributed by atoms with Crippen LogP contribution in [0.1, 0.15) is 72.8 Å². The summed E-state index contributed by atoms with van der Waals surface area (Å²) in [6.07, 6.45) is 8.40. The Kier molecular flexibility index (Phi) is 5.41. The van der Waals surface area contributed by atoms with Crippen LogP contribution in [-0.2, 0) is 11.2 Å². The molecule has 3 nitrogen and oxygen atoms in total. The summed E-state index contributed by atoms with van der Waals surface area (Å²) in [4.78, 5) is 16.5. The minimum Gasteiger partial charge on any atom is -0.351 e. The molecule has 0 bridgehead atoms. The van der Waals surface area contributed by atoms with Gasteiger partial charge in [0.25, 0.3) is 0 Å². The first-order chi connectivity index (χ1) is 11.1. The Morgan fingerprint density at radius 2 is 1.71 bits per heavy atom. The van der Waals surface area contributed by atoms with Crippen molar-refractivity contribution in [1.82, 2.24) is 10.3 Å². The molecule has 0 aromatic carbocycles. The molecule has 0 unspecified atom stereocenters. The van der Waals surface area contributed by atoms with Crippen molar-refractivity contribution in [2.45, 2.75) is 79.2 Å². The highest BCUT2D eigenvalue weighted by molar-refractivity contribution is 5.79. The zero-order valence-corrected chi connectivity index (χ0v) is 16.3. The maximum Gasteiger partial charge on any atom is 0.224 e. The Morgan fingerprint density at radius 1 is 1.17 bits per heavy atom. The van der Waals surface area contributed by atoms with Crippen LogP contribution in [0.2, 0.25) is 0 Å². The number of nitrogens with one attached hydrogen (secondary N) is 1. The first-order valence-electron chi connectivity index (χ1n) is 9.28. The van der Waals surface area contributed by atoms with Crippen molar-refractivity contribution >= 4 is 5.91 Å². The van der Waals surface area contributed by atoms with Gasteiger partial charge in [0.15, 0.2) is 0 Å². The van der Waals surface area contributed by atoms with Crippen LogP contribution in [-0.4, -0.2) is 16.4 Å². The van der Waals surface area contributed by atoms with Gasteiger partial charge < -0.3 is 5.32 Å². The van der Waals surface area contributed by atoms with Crippen molar-refractivity contribution in [1.29, 1.82) is 0 Å². The number of amides is 1. The van der Waals surface area contributed by atoms with Crippen molar-refractivity contribution in [2.24, 2.45) is 16.7 Å². The molecular formula is C21H34N2O. The fourth-order valence-corrected chi connectivity index (χ4v) is 4.63. The Bertz CT molecular complexity index is 549. The highest BCUT2D eigenvalue weighted by Crippen LogP contribution is 2.55. The van der Waals surface area contributed by atoms with Gasteiger partial charge in [-0.15, -0.1) is 0 Å². The summed E-state index contributed by atoms with van der Waals surface area (Å²) in [5.74, 6) is 0.783. The number of carbonyl (C=O) groups is 1. The summed E-state index contributed by atoms with van der Waals surface area (Å²) in [5, 5.41) is 3.31. The number of nitrogens with zero attached hydrogens (tertiary/aromatic N) is 1. The molecule has 1 saturated carbocycles. The van der Waals surface area contributed by atoms with E-state index in [2.05, 4.69) is 51.8 Å². The molecule has 1 amide bonds. The smallest absolute Gasteiger partial charge is 0.224 e. The van der Waals surface area contributed by atoms with E-state index in [1.54, 1.807) is 12.4 Å².